The Balaban J connectivity index is 1.57. The number of para-hydroxylation sites is 1. The van der Waals surface area contributed by atoms with Crippen molar-refractivity contribution in [2.24, 2.45) is 4.99 Å². The summed E-state index contributed by atoms with van der Waals surface area (Å²) in [4.78, 5) is 19.7. The Morgan fingerprint density at radius 3 is 2.65 bits per heavy atom. The van der Waals surface area contributed by atoms with Crippen LogP contribution in [0, 0.1) is 0 Å². The predicted octanol–water partition coefficient (Wildman–Crippen LogP) is 4.89. The SMILES string of the molecule is C=CCOc1ccccc1C=c1sc2n(c1=O)C(c1ccc(OC)cc1)C1=C(N=2)c2ccccc2CC1. The van der Waals surface area contributed by atoms with Crippen molar-refractivity contribution in [1.82, 2.24) is 4.57 Å². The molecule has 0 radical (unpaired) electrons. The highest BCUT2D eigenvalue weighted by Crippen LogP contribution is 2.41. The second-order valence-electron chi connectivity index (χ2n) is 9.02. The van der Waals surface area contributed by atoms with E-state index in [1.165, 1.54) is 22.5 Å². The summed E-state index contributed by atoms with van der Waals surface area (Å²) in [6.07, 6.45) is 5.40. The molecule has 0 saturated carbocycles. The summed E-state index contributed by atoms with van der Waals surface area (Å²) in [6.45, 7) is 4.13. The lowest BCUT2D eigenvalue weighted by molar-refractivity contribution is 0.362. The van der Waals surface area contributed by atoms with Gasteiger partial charge in [0.05, 0.1) is 23.4 Å². The number of hydrogen-bond donors (Lipinski definition) is 0. The smallest absolute Gasteiger partial charge is 0.271 e. The summed E-state index contributed by atoms with van der Waals surface area (Å²) in [5.74, 6) is 1.50. The third-order valence-corrected chi connectivity index (χ3v) is 7.85. The van der Waals surface area contributed by atoms with Gasteiger partial charge in [-0.2, -0.15) is 0 Å². The van der Waals surface area contributed by atoms with Crippen molar-refractivity contribution in [3.8, 4) is 11.5 Å². The molecule has 2 heterocycles. The van der Waals surface area contributed by atoms with Crippen LogP contribution in [0.15, 0.2) is 101 Å². The van der Waals surface area contributed by atoms with E-state index in [1.54, 1.807) is 13.2 Å². The Hall–Kier alpha value is -4.16. The van der Waals surface area contributed by atoms with Gasteiger partial charge < -0.3 is 9.47 Å². The number of methoxy groups -OCH3 is 1. The van der Waals surface area contributed by atoms with E-state index in [9.17, 15) is 4.79 Å². The Morgan fingerprint density at radius 1 is 1.05 bits per heavy atom. The molecule has 0 fully saturated rings. The quantitative estimate of drug-likeness (QED) is 0.350. The highest BCUT2D eigenvalue weighted by atomic mass is 32.1. The standard InChI is InChI=1S/C31H26N2O3S/c1-3-18-36-26-11-7-5-9-22(26)19-27-30(34)33-29(21-12-15-23(35-2)16-13-21)25-17-14-20-8-4-6-10-24(20)28(25)32-31(33)37-27/h3-13,15-16,19,29H,1,14,17-18H2,2H3. The summed E-state index contributed by atoms with van der Waals surface area (Å²) >= 11 is 1.42. The van der Waals surface area contributed by atoms with Gasteiger partial charge in [0.2, 0.25) is 0 Å². The van der Waals surface area contributed by atoms with E-state index in [0.29, 0.717) is 21.7 Å². The first-order valence-corrected chi connectivity index (χ1v) is 13.1. The predicted molar refractivity (Wildman–Crippen MR) is 148 cm³/mol. The van der Waals surface area contributed by atoms with Gasteiger partial charge in [0, 0.05) is 11.1 Å². The van der Waals surface area contributed by atoms with Crippen LogP contribution in [0.25, 0.3) is 11.8 Å². The van der Waals surface area contributed by atoms with E-state index in [0.717, 1.165) is 41.0 Å². The average Bonchev–Trinajstić information content (AvgIpc) is 3.25. The molecule has 6 rings (SSSR count). The zero-order chi connectivity index (χ0) is 25.4. The Morgan fingerprint density at radius 2 is 1.84 bits per heavy atom. The Labute approximate surface area is 219 Å². The maximum absolute atomic E-state index is 13.9. The molecule has 1 atom stereocenters. The molecule has 1 aliphatic heterocycles. The molecule has 0 spiro atoms. The fraction of sp³-hybridized carbons (Fsp3) is 0.161. The zero-order valence-corrected chi connectivity index (χ0v) is 21.3. The second kappa shape index (κ2) is 9.71. The van der Waals surface area contributed by atoms with Crippen LogP contribution in [0.1, 0.15) is 34.7 Å². The van der Waals surface area contributed by atoms with Crippen LogP contribution in [-0.4, -0.2) is 18.3 Å². The minimum Gasteiger partial charge on any atom is -0.497 e. The van der Waals surface area contributed by atoms with E-state index >= 15 is 0 Å². The zero-order valence-electron chi connectivity index (χ0n) is 20.5. The molecule has 2 aliphatic rings. The molecule has 1 aliphatic carbocycles. The summed E-state index contributed by atoms with van der Waals surface area (Å²) < 4.78 is 13.7. The van der Waals surface area contributed by atoms with Gasteiger partial charge in [0.1, 0.15) is 18.1 Å². The number of thiazole rings is 1. The number of allylic oxidation sites excluding steroid dienone is 1. The number of hydrogen-bond acceptors (Lipinski definition) is 5. The Bertz CT molecular complexity index is 1710. The molecular formula is C31H26N2O3S. The number of ether oxygens (including phenoxy) is 2. The average molecular weight is 507 g/mol. The minimum absolute atomic E-state index is 0.0477. The van der Waals surface area contributed by atoms with Gasteiger partial charge in [-0.25, -0.2) is 4.99 Å². The fourth-order valence-corrected chi connectivity index (χ4v) is 6.12. The first kappa shape index (κ1) is 23.3. The van der Waals surface area contributed by atoms with Gasteiger partial charge in [-0.3, -0.25) is 9.36 Å². The lowest BCUT2D eigenvalue weighted by Crippen LogP contribution is -2.38. The Kier molecular flexibility index (Phi) is 6.10. The van der Waals surface area contributed by atoms with Crippen LogP contribution in [0.2, 0.25) is 0 Å². The third kappa shape index (κ3) is 4.13. The van der Waals surface area contributed by atoms with Gasteiger partial charge in [0.25, 0.3) is 5.56 Å². The van der Waals surface area contributed by atoms with Crippen molar-refractivity contribution in [2.45, 2.75) is 18.9 Å². The van der Waals surface area contributed by atoms with E-state index in [4.69, 9.17) is 14.5 Å². The molecule has 0 saturated heterocycles. The first-order valence-electron chi connectivity index (χ1n) is 12.3. The molecule has 3 aromatic carbocycles. The van der Waals surface area contributed by atoms with Crippen LogP contribution < -0.4 is 24.4 Å². The number of benzene rings is 3. The summed E-state index contributed by atoms with van der Waals surface area (Å²) in [5.41, 5.74) is 6.47. The minimum atomic E-state index is -0.222. The molecule has 1 unspecified atom stereocenters. The molecule has 0 N–H and O–H groups in total. The monoisotopic (exact) mass is 506 g/mol. The second-order valence-corrected chi connectivity index (χ2v) is 10.0. The summed E-state index contributed by atoms with van der Waals surface area (Å²) in [6, 6.07) is 24.0. The van der Waals surface area contributed by atoms with Crippen molar-refractivity contribution in [3.05, 3.63) is 133 Å². The molecular weight excluding hydrogens is 480 g/mol. The summed E-state index contributed by atoms with van der Waals surface area (Å²) in [5, 5.41) is 0. The fourth-order valence-electron chi connectivity index (χ4n) is 5.13. The molecule has 0 bridgehead atoms. The number of fused-ring (bicyclic) bond motifs is 3. The van der Waals surface area contributed by atoms with Crippen molar-refractivity contribution in [3.63, 3.8) is 0 Å². The lowest BCUT2D eigenvalue weighted by atomic mass is 9.83. The van der Waals surface area contributed by atoms with Crippen molar-refractivity contribution >= 4 is 23.1 Å². The maximum atomic E-state index is 13.9. The first-order chi connectivity index (χ1) is 18.2. The summed E-state index contributed by atoms with van der Waals surface area (Å²) in [7, 11) is 1.66. The number of aromatic nitrogens is 1. The van der Waals surface area contributed by atoms with E-state index in [2.05, 4.69) is 43.0 Å². The van der Waals surface area contributed by atoms with E-state index < -0.39 is 0 Å². The van der Waals surface area contributed by atoms with Crippen molar-refractivity contribution < 1.29 is 9.47 Å². The molecule has 5 nitrogen and oxygen atoms in total. The van der Waals surface area contributed by atoms with Gasteiger partial charge in [-0.1, -0.05) is 78.6 Å². The molecule has 1 aromatic heterocycles. The van der Waals surface area contributed by atoms with Crippen molar-refractivity contribution in [1.29, 1.82) is 0 Å². The van der Waals surface area contributed by atoms with Gasteiger partial charge in [-0.05, 0) is 53.8 Å². The number of nitrogens with zero attached hydrogens (tertiary/aromatic N) is 2. The van der Waals surface area contributed by atoms with Crippen LogP contribution in [-0.2, 0) is 6.42 Å². The maximum Gasteiger partial charge on any atom is 0.271 e. The van der Waals surface area contributed by atoms with Crippen LogP contribution in [0.4, 0.5) is 0 Å². The van der Waals surface area contributed by atoms with Gasteiger partial charge >= 0.3 is 0 Å². The lowest BCUT2D eigenvalue weighted by Gasteiger charge is -2.30. The third-order valence-electron chi connectivity index (χ3n) is 6.87. The molecule has 6 heteroatoms. The van der Waals surface area contributed by atoms with E-state index in [-0.39, 0.29) is 11.6 Å². The van der Waals surface area contributed by atoms with Crippen LogP contribution >= 0.6 is 11.3 Å². The molecule has 0 amide bonds. The molecule has 184 valence electrons. The number of aryl methyl sites for hydroxylation is 1. The number of rotatable bonds is 6. The van der Waals surface area contributed by atoms with Gasteiger partial charge in [0.15, 0.2) is 4.80 Å². The van der Waals surface area contributed by atoms with Crippen LogP contribution in [0.5, 0.6) is 11.5 Å². The largest absolute Gasteiger partial charge is 0.497 e. The van der Waals surface area contributed by atoms with Crippen LogP contribution in [0.3, 0.4) is 0 Å². The molecule has 37 heavy (non-hydrogen) atoms. The highest BCUT2D eigenvalue weighted by molar-refractivity contribution is 7.07. The molecule has 4 aromatic rings. The topological polar surface area (TPSA) is 52.8 Å². The van der Waals surface area contributed by atoms with Crippen molar-refractivity contribution in [2.75, 3.05) is 13.7 Å². The van der Waals surface area contributed by atoms with E-state index in [1.807, 2.05) is 47.0 Å². The normalized spacial score (nSPS) is 16.4. The van der Waals surface area contributed by atoms with Gasteiger partial charge in [-0.15, -0.1) is 0 Å². The highest BCUT2D eigenvalue weighted by Gasteiger charge is 2.32.